The van der Waals surface area contributed by atoms with Gasteiger partial charge in [0.25, 0.3) is 5.69 Å². The highest BCUT2D eigenvalue weighted by Gasteiger charge is 2.62. The molecule has 5 unspecified atom stereocenters. The van der Waals surface area contributed by atoms with Crippen LogP contribution >= 0.6 is 11.9 Å². The van der Waals surface area contributed by atoms with Gasteiger partial charge in [0.1, 0.15) is 5.58 Å². The number of nitrogens with zero attached hydrogens (tertiary/aromatic N) is 1. The fourth-order valence-electron chi connectivity index (χ4n) is 6.41. The van der Waals surface area contributed by atoms with E-state index >= 15 is 0 Å². The molecular formula is C27H31BN2O5S. The minimum atomic E-state index is -0.385. The van der Waals surface area contributed by atoms with E-state index in [1.807, 2.05) is 37.5 Å². The van der Waals surface area contributed by atoms with Crippen LogP contribution in [0.4, 0.5) is 5.69 Å². The Morgan fingerprint density at radius 2 is 2.03 bits per heavy atom. The normalized spacial score (nSPS) is 27.0. The van der Waals surface area contributed by atoms with Crippen molar-refractivity contribution in [2.75, 3.05) is 0 Å². The number of aryl methyl sites for hydroxylation is 1. The minimum absolute atomic E-state index is 0.128. The summed E-state index contributed by atoms with van der Waals surface area (Å²) in [5.41, 5.74) is 4.12. The molecule has 1 aliphatic heterocycles. The van der Waals surface area contributed by atoms with Crippen LogP contribution in [0.15, 0.2) is 53.1 Å². The molecule has 2 bridgehead atoms. The standard InChI is InChI=1S/C27H31BN2O5S/c1-16-8-9-22(30(31)32)18(10-16)15-36-29-25(11-17-14-33-23-7-5-4-6-20(17)23)28-34-24-13-19-12-21(26(24)35-28)27(19,2)3/h4-10,14,19,21,24-26,29H,11-13,15H2,1-3H3. The minimum Gasteiger partial charge on any atom is -0.464 e. The second-order valence-corrected chi connectivity index (χ2v) is 11.9. The Morgan fingerprint density at radius 3 is 2.83 bits per heavy atom. The molecule has 9 heteroatoms. The molecule has 0 spiro atoms. The fraction of sp³-hybridized carbons (Fsp3) is 0.481. The number of furan rings is 1. The van der Waals surface area contributed by atoms with Gasteiger partial charge in [-0.25, -0.2) is 0 Å². The largest absolute Gasteiger partial charge is 0.477 e. The van der Waals surface area contributed by atoms with E-state index in [9.17, 15) is 10.1 Å². The Balaban J connectivity index is 1.21. The van der Waals surface area contributed by atoms with Gasteiger partial charge in [-0.05, 0) is 61.1 Å². The third-order valence-electron chi connectivity index (χ3n) is 8.65. The van der Waals surface area contributed by atoms with Crippen molar-refractivity contribution < 1.29 is 18.6 Å². The summed E-state index contributed by atoms with van der Waals surface area (Å²) in [7, 11) is -0.385. The maximum absolute atomic E-state index is 11.5. The van der Waals surface area contributed by atoms with Crippen molar-refractivity contribution in [1.82, 2.24) is 4.72 Å². The van der Waals surface area contributed by atoms with Gasteiger partial charge in [0.05, 0.1) is 29.3 Å². The van der Waals surface area contributed by atoms with Crippen molar-refractivity contribution in [3.05, 3.63) is 75.5 Å². The number of para-hydroxylation sites is 1. The Bertz CT molecular complexity index is 1300. The van der Waals surface area contributed by atoms with E-state index in [-0.39, 0.29) is 35.9 Å². The molecule has 1 N–H and O–H groups in total. The molecule has 3 aromatic rings. The molecule has 7 nitrogen and oxygen atoms in total. The van der Waals surface area contributed by atoms with E-state index in [1.165, 1.54) is 18.4 Å². The first-order valence-corrected chi connectivity index (χ1v) is 13.7. The van der Waals surface area contributed by atoms with Gasteiger partial charge >= 0.3 is 7.12 Å². The van der Waals surface area contributed by atoms with Crippen LogP contribution in [0.2, 0.25) is 0 Å². The van der Waals surface area contributed by atoms with Crippen molar-refractivity contribution in [2.45, 2.75) is 63.9 Å². The van der Waals surface area contributed by atoms with E-state index in [1.54, 1.807) is 12.1 Å². The molecule has 2 heterocycles. The molecule has 188 valence electrons. The van der Waals surface area contributed by atoms with Crippen LogP contribution in [0.5, 0.6) is 0 Å². The van der Waals surface area contributed by atoms with Crippen LogP contribution in [0, 0.1) is 34.3 Å². The van der Waals surface area contributed by atoms with Gasteiger partial charge in [-0.3, -0.25) is 14.8 Å². The Hall–Kier alpha value is -2.33. The fourth-order valence-corrected chi connectivity index (χ4v) is 7.29. The van der Waals surface area contributed by atoms with Crippen molar-refractivity contribution in [3.63, 3.8) is 0 Å². The van der Waals surface area contributed by atoms with E-state index in [2.05, 4.69) is 24.6 Å². The predicted molar refractivity (Wildman–Crippen MR) is 141 cm³/mol. The quantitative estimate of drug-likeness (QED) is 0.177. The smallest absolute Gasteiger partial charge is 0.464 e. The van der Waals surface area contributed by atoms with Gasteiger partial charge in [-0.2, -0.15) is 0 Å². The number of nitro groups is 1. The number of hydrogen-bond acceptors (Lipinski definition) is 7. The highest BCUT2D eigenvalue weighted by atomic mass is 32.2. The van der Waals surface area contributed by atoms with Gasteiger partial charge in [-0.15, -0.1) is 0 Å². The molecular weight excluding hydrogens is 475 g/mol. The summed E-state index contributed by atoms with van der Waals surface area (Å²) >= 11 is 1.47. The third kappa shape index (κ3) is 4.16. The summed E-state index contributed by atoms with van der Waals surface area (Å²) in [5, 5.41) is 12.6. The van der Waals surface area contributed by atoms with E-state index in [0.717, 1.165) is 28.5 Å². The van der Waals surface area contributed by atoms with Gasteiger partial charge in [0.2, 0.25) is 0 Å². The number of rotatable bonds is 8. The van der Waals surface area contributed by atoms with Crippen LogP contribution in [0.1, 0.15) is 43.4 Å². The molecule has 4 aliphatic rings. The van der Waals surface area contributed by atoms with Gasteiger partial charge in [0.15, 0.2) is 0 Å². The summed E-state index contributed by atoms with van der Waals surface area (Å²) in [4.78, 5) is 11.2. The molecule has 1 saturated heterocycles. The first-order valence-electron chi connectivity index (χ1n) is 12.7. The third-order valence-corrected chi connectivity index (χ3v) is 9.57. The molecule has 0 amide bonds. The molecule has 3 aliphatic carbocycles. The lowest BCUT2D eigenvalue weighted by Crippen LogP contribution is -2.59. The summed E-state index contributed by atoms with van der Waals surface area (Å²) in [5.74, 6) is 1.57. The molecule has 4 fully saturated rings. The summed E-state index contributed by atoms with van der Waals surface area (Å²) in [6.45, 7) is 6.67. The zero-order chi connectivity index (χ0) is 25.0. The van der Waals surface area contributed by atoms with E-state index < -0.39 is 0 Å². The zero-order valence-electron chi connectivity index (χ0n) is 20.8. The lowest BCUT2D eigenvalue weighted by Gasteiger charge is -2.60. The number of benzene rings is 2. The maximum Gasteiger partial charge on any atom is 0.477 e. The van der Waals surface area contributed by atoms with Crippen molar-refractivity contribution in [1.29, 1.82) is 0 Å². The van der Waals surface area contributed by atoms with Crippen LogP contribution in [0.25, 0.3) is 11.0 Å². The molecule has 5 atom stereocenters. The summed E-state index contributed by atoms with van der Waals surface area (Å²) < 4.78 is 22.5. The highest BCUT2D eigenvalue weighted by Crippen LogP contribution is 2.61. The average molecular weight is 506 g/mol. The molecule has 36 heavy (non-hydrogen) atoms. The predicted octanol–water partition coefficient (Wildman–Crippen LogP) is 5.88. The lowest BCUT2D eigenvalue weighted by molar-refractivity contribution is -0.385. The van der Waals surface area contributed by atoms with Crippen molar-refractivity contribution >= 4 is 35.7 Å². The van der Waals surface area contributed by atoms with Crippen molar-refractivity contribution in [3.8, 4) is 0 Å². The van der Waals surface area contributed by atoms with Gasteiger partial charge in [-0.1, -0.05) is 55.6 Å². The Morgan fingerprint density at radius 1 is 1.19 bits per heavy atom. The van der Waals surface area contributed by atoms with Crippen LogP contribution in [-0.4, -0.2) is 30.2 Å². The molecule has 0 radical (unpaired) electrons. The first-order chi connectivity index (χ1) is 17.3. The van der Waals surface area contributed by atoms with Crippen molar-refractivity contribution in [2.24, 2.45) is 17.3 Å². The number of hydrogen-bond donors (Lipinski definition) is 1. The molecule has 7 rings (SSSR count). The summed E-state index contributed by atoms with van der Waals surface area (Å²) in [6, 6.07) is 13.3. The van der Waals surface area contributed by atoms with Gasteiger partial charge in [0, 0.05) is 22.8 Å². The highest BCUT2D eigenvalue weighted by molar-refractivity contribution is 7.96. The lowest BCUT2D eigenvalue weighted by atomic mass is 9.47. The number of nitrogens with one attached hydrogen (secondary N) is 1. The van der Waals surface area contributed by atoms with Crippen LogP contribution in [0.3, 0.4) is 0 Å². The second-order valence-electron chi connectivity index (χ2n) is 11.1. The first kappa shape index (κ1) is 24.0. The van der Waals surface area contributed by atoms with Crippen LogP contribution in [-0.2, 0) is 21.5 Å². The van der Waals surface area contributed by atoms with Gasteiger partial charge < -0.3 is 13.7 Å². The maximum atomic E-state index is 11.5. The average Bonchev–Trinajstić information content (AvgIpc) is 3.47. The number of fused-ring (bicyclic) bond motifs is 1. The zero-order valence-corrected chi connectivity index (χ0v) is 21.6. The monoisotopic (exact) mass is 506 g/mol. The van der Waals surface area contributed by atoms with E-state index in [0.29, 0.717) is 35.0 Å². The molecule has 3 saturated carbocycles. The molecule has 1 aromatic heterocycles. The SMILES string of the molecule is Cc1ccc([N+](=O)[O-])c(CSNC(Cc2coc3ccccc23)B2OC3CC4CC(C3O2)C4(C)C)c1. The second kappa shape index (κ2) is 9.21. The molecule has 2 aromatic carbocycles. The Labute approximate surface area is 215 Å². The Kier molecular flexibility index (Phi) is 6.15. The topological polar surface area (TPSA) is 86.8 Å². The number of nitro benzene ring substituents is 1. The summed E-state index contributed by atoms with van der Waals surface area (Å²) in [6.07, 6.45) is 5.02. The van der Waals surface area contributed by atoms with Crippen LogP contribution < -0.4 is 4.72 Å². The van der Waals surface area contributed by atoms with E-state index in [4.69, 9.17) is 13.7 Å².